The largest absolute Gasteiger partial charge is 0.390 e. The summed E-state index contributed by atoms with van der Waals surface area (Å²) in [7, 11) is 1.75. The van der Waals surface area contributed by atoms with Gasteiger partial charge in [-0.1, -0.05) is 19.3 Å². The number of anilines is 2. The summed E-state index contributed by atoms with van der Waals surface area (Å²) in [5, 5.41) is 21.1. The molecule has 0 atom stereocenters. The Hall–Kier alpha value is -3.20. The highest BCUT2D eigenvalue weighted by atomic mass is 16.3. The van der Waals surface area contributed by atoms with E-state index in [0.717, 1.165) is 35.3 Å². The molecule has 9 heteroatoms. The third-order valence-corrected chi connectivity index (χ3v) is 5.22. The first-order chi connectivity index (χ1) is 14.0. The Morgan fingerprint density at radius 3 is 2.55 bits per heavy atom. The van der Waals surface area contributed by atoms with Gasteiger partial charge in [-0.3, -0.25) is 0 Å². The Labute approximate surface area is 168 Å². The molecule has 1 aliphatic carbocycles. The number of fused-ring (bicyclic) bond motifs is 2. The number of nitrogen functional groups attached to an aromatic ring is 1. The van der Waals surface area contributed by atoms with E-state index < -0.39 is 0 Å². The first kappa shape index (κ1) is 19.1. The molecule has 4 aromatic rings. The second-order valence-corrected chi connectivity index (χ2v) is 7.60. The van der Waals surface area contributed by atoms with E-state index in [1.165, 1.54) is 19.3 Å². The molecule has 152 valence electrons. The van der Waals surface area contributed by atoms with Crippen LogP contribution in [0, 0.1) is 0 Å². The highest BCUT2D eigenvalue weighted by molar-refractivity contribution is 5.86. The van der Waals surface area contributed by atoms with Gasteiger partial charge in [0.15, 0.2) is 11.5 Å². The van der Waals surface area contributed by atoms with Gasteiger partial charge in [-0.05, 0) is 38.0 Å². The van der Waals surface area contributed by atoms with Gasteiger partial charge in [0.1, 0.15) is 5.52 Å². The van der Waals surface area contributed by atoms with E-state index in [9.17, 15) is 5.11 Å². The first-order valence-electron chi connectivity index (χ1n) is 9.83. The summed E-state index contributed by atoms with van der Waals surface area (Å²) in [6, 6.07) is 5.73. The Balaban J connectivity index is 0.000000216. The number of nitrogens with one attached hydrogen (secondary N) is 1. The Morgan fingerprint density at radius 2 is 1.86 bits per heavy atom. The maximum absolute atomic E-state index is 9.37. The predicted octanol–water partition coefficient (Wildman–Crippen LogP) is 2.76. The number of hydrogen-bond donors (Lipinski definition) is 3. The molecule has 0 aliphatic heterocycles. The van der Waals surface area contributed by atoms with Gasteiger partial charge < -0.3 is 16.2 Å². The van der Waals surface area contributed by atoms with E-state index in [2.05, 4.69) is 25.5 Å². The number of nitrogens with zero attached hydrogens (tertiary/aromatic N) is 6. The smallest absolute Gasteiger partial charge is 0.242 e. The van der Waals surface area contributed by atoms with Crippen LogP contribution in [0.1, 0.15) is 39.0 Å². The van der Waals surface area contributed by atoms with E-state index in [-0.39, 0.29) is 5.60 Å². The van der Waals surface area contributed by atoms with Gasteiger partial charge in [-0.15, -0.1) is 5.10 Å². The quantitative estimate of drug-likeness (QED) is 0.478. The molecular weight excluding hydrogens is 368 g/mol. The monoisotopic (exact) mass is 394 g/mol. The van der Waals surface area contributed by atoms with Crippen molar-refractivity contribution < 1.29 is 5.11 Å². The van der Waals surface area contributed by atoms with Crippen LogP contribution in [0.5, 0.6) is 0 Å². The molecule has 1 fully saturated rings. The number of hydrogen-bond acceptors (Lipinski definition) is 7. The minimum absolute atomic E-state index is 0.321. The highest BCUT2D eigenvalue weighted by Gasteiger charge is 2.22. The van der Waals surface area contributed by atoms with Crippen molar-refractivity contribution in [3.05, 3.63) is 36.8 Å². The lowest BCUT2D eigenvalue weighted by Crippen LogP contribution is -2.26. The minimum atomic E-state index is -0.321. The van der Waals surface area contributed by atoms with Crippen LogP contribution in [-0.4, -0.2) is 47.0 Å². The zero-order valence-corrected chi connectivity index (χ0v) is 16.7. The summed E-state index contributed by atoms with van der Waals surface area (Å²) >= 11 is 0. The van der Waals surface area contributed by atoms with E-state index in [0.29, 0.717) is 11.8 Å². The van der Waals surface area contributed by atoms with Crippen molar-refractivity contribution in [3.63, 3.8) is 0 Å². The Kier molecular flexibility index (Phi) is 5.06. The fourth-order valence-corrected chi connectivity index (χ4v) is 3.64. The predicted molar refractivity (Wildman–Crippen MR) is 113 cm³/mol. The molecule has 1 aliphatic rings. The molecule has 9 nitrogen and oxygen atoms in total. The highest BCUT2D eigenvalue weighted by Crippen LogP contribution is 2.28. The van der Waals surface area contributed by atoms with Crippen LogP contribution in [0.25, 0.3) is 22.4 Å². The molecule has 4 aromatic heterocycles. The third-order valence-electron chi connectivity index (χ3n) is 5.22. The standard InChI is InChI=1S/C13H12N8.C7H14O/c1-15-13-17-12(14)11-8(4-6-21(11)19-13)9-2-3-10-16-5-7-20(10)18-9;1-7(8)5-3-2-4-6-7/h2-7H,1H3,(H3,14,15,17,19);8H,2-6H2,1H3. The zero-order valence-electron chi connectivity index (χ0n) is 16.7. The topological polar surface area (TPSA) is 119 Å². The lowest BCUT2D eigenvalue weighted by atomic mass is 9.87. The summed E-state index contributed by atoms with van der Waals surface area (Å²) in [4.78, 5) is 8.40. The van der Waals surface area contributed by atoms with Gasteiger partial charge in [0.05, 0.1) is 11.3 Å². The van der Waals surface area contributed by atoms with Crippen LogP contribution in [0.3, 0.4) is 0 Å². The van der Waals surface area contributed by atoms with Gasteiger partial charge in [0.2, 0.25) is 5.95 Å². The second-order valence-electron chi connectivity index (χ2n) is 7.60. The summed E-state index contributed by atoms with van der Waals surface area (Å²) in [5.41, 5.74) is 8.93. The second kappa shape index (κ2) is 7.67. The molecule has 4 N–H and O–H groups in total. The maximum atomic E-state index is 9.37. The van der Waals surface area contributed by atoms with Crippen LogP contribution >= 0.6 is 0 Å². The molecule has 0 amide bonds. The number of aliphatic hydroxyl groups is 1. The Morgan fingerprint density at radius 1 is 1.07 bits per heavy atom. The molecular formula is C20H26N8O. The van der Waals surface area contributed by atoms with Crippen molar-refractivity contribution >= 4 is 22.9 Å². The van der Waals surface area contributed by atoms with Crippen molar-refractivity contribution in [3.8, 4) is 11.3 Å². The molecule has 5 rings (SSSR count). The molecule has 0 spiro atoms. The van der Waals surface area contributed by atoms with Gasteiger partial charge in [-0.25, -0.2) is 14.0 Å². The average molecular weight is 394 g/mol. The van der Waals surface area contributed by atoms with Crippen molar-refractivity contribution in [1.29, 1.82) is 0 Å². The number of aromatic nitrogens is 6. The van der Waals surface area contributed by atoms with Crippen LogP contribution in [0.2, 0.25) is 0 Å². The summed E-state index contributed by atoms with van der Waals surface area (Å²) in [5.74, 6) is 0.877. The molecule has 0 radical (unpaired) electrons. The summed E-state index contributed by atoms with van der Waals surface area (Å²) < 4.78 is 3.42. The van der Waals surface area contributed by atoms with E-state index in [4.69, 9.17) is 5.73 Å². The van der Waals surface area contributed by atoms with Gasteiger partial charge >= 0.3 is 0 Å². The fourth-order valence-electron chi connectivity index (χ4n) is 3.64. The molecule has 0 bridgehead atoms. The maximum Gasteiger partial charge on any atom is 0.242 e. The van der Waals surface area contributed by atoms with E-state index in [1.54, 1.807) is 28.5 Å². The van der Waals surface area contributed by atoms with Gasteiger partial charge in [0, 0.05) is 31.2 Å². The van der Waals surface area contributed by atoms with E-state index in [1.807, 2.05) is 31.3 Å². The average Bonchev–Trinajstić information content (AvgIpc) is 3.34. The van der Waals surface area contributed by atoms with Crippen LogP contribution in [0.15, 0.2) is 36.8 Å². The molecule has 0 aromatic carbocycles. The third kappa shape index (κ3) is 4.00. The fraction of sp³-hybridized carbons (Fsp3) is 0.400. The van der Waals surface area contributed by atoms with Crippen molar-refractivity contribution in [2.24, 2.45) is 0 Å². The molecule has 0 saturated heterocycles. The SMILES string of the molecule is CC1(O)CCCCC1.CNc1nc(N)c2c(-c3ccc4nccn4n3)ccn2n1. The van der Waals surface area contributed by atoms with Crippen molar-refractivity contribution in [1.82, 2.24) is 29.2 Å². The lowest BCUT2D eigenvalue weighted by Gasteiger charge is -2.27. The number of nitrogens with two attached hydrogens (primary N) is 1. The lowest BCUT2D eigenvalue weighted by molar-refractivity contribution is 0.0225. The van der Waals surface area contributed by atoms with Gasteiger partial charge in [0.25, 0.3) is 0 Å². The summed E-state index contributed by atoms with van der Waals surface area (Å²) in [6.07, 6.45) is 11.1. The summed E-state index contributed by atoms with van der Waals surface area (Å²) in [6.45, 7) is 1.94. The Bertz CT molecular complexity index is 1120. The normalized spacial score (nSPS) is 15.8. The zero-order chi connectivity index (χ0) is 20.4. The van der Waals surface area contributed by atoms with Crippen LogP contribution in [-0.2, 0) is 0 Å². The van der Waals surface area contributed by atoms with Crippen molar-refractivity contribution in [2.45, 2.75) is 44.6 Å². The van der Waals surface area contributed by atoms with E-state index >= 15 is 0 Å². The molecule has 0 unspecified atom stereocenters. The van der Waals surface area contributed by atoms with Crippen LogP contribution < -0.4 is 11.1 Å². The number of rotatable bonds is 2. The molecule has 1 saturated carbocycles. The minimum Gasteiger partial charge on any atom is -0.390 e. The first-order valence-corrected chi connectivity index (χ1v) is 9.83. The van der Waals surface area contributed by atoms with Gasteiger partial charge in [-0.2, -0.15) is 10.1 Å². The number of imidazole rings is 1. The van der Waals surface area contributed by atoms with Crippen molar-refractivity contribution in [2.75, 3.05) is 18.1 Å². The molecule has 29 heavy (non-hydrogen) atoms. The molecule has 4 heterocycles. The van der Waals surface area contributed by atoms with Crippen LogP contribution in [0.4, 0.5) is 11.8 Å².